The van der Waals surface area contributed by atoms with Crippen LogP contribution < -0.4 is 0 Å². The molecule has 17 heteroatoms. The van der Waals surface area contributed by atoms with Gasteiger partial charge < -0.3 is 34.0 Å². The van der Waals surface area contributed by atoms with Crippen molar-refractivity contribution in [2.45, 2.75) is 102 Å². The highest BCUT2D eigenvalue weighted by Crippen LogP contribution is 2.18. The predicted molar refractivity (Wildman–Crippen MR) is 221 cm³/mol. The molecule has 11 nitrogen and oxygen atoms in total. The minimum Gasteiger partial charge on any atom is -0.462 e. The summed E-state index contributed by atoms with van der Waals surface area (Å²) < 4.78 is 20.9. The number of hydrogen-bond donors (Lipinski definition) is 2. The van der Waals surface area contributed by atoms with E-state index < -0.39 is 55.3 Å². The van der Waals surface area contributed by atoms with Crippen molar-refractivity contribution >= 4 is 77.4 Å². The summed E-state index contributed by atoms with van der Waals surface area (Å²) in [6.07, 6.45) is 2.73. The van der Waals surface area contributed by atoms with Crippen LogP contribution in [0.15, 0.2) is 48.5 Å². The summed E-state index contributed by atoms with van der Waals surface area (Å²) in [5.74, 6) is -1.87. The van der Waals surface area contributed by atoms with Crippen LogP contribution in [0.1, 0.15) is 67.1 Å². The fourth-order valence-corrected chi connectivity index (χ4v) is 9.32. The fraction of sp³-hybridized carbons (Fsp3) is 0.556. The van der Waals surface area contributed by atoms with E-state index in [0.29, 0.717) is 60.4 Å². The second-order valence-electron chi connectivity index (χ2n) is 15.2. The maximum Gasteiger partial charge on any atom is 0.338 e. The summed E-state index contributed by atoms with van der Waals surface area (Å²) in [4.78, 5) is 67.9. The zero-order valence-electron chi connectivity index (χ0n) is 32.5. The predicted octanol–water partition coefficient (Wildman–Crippen LogP) is 8.02. The van der Waals surface area contributed by atoms with Crippen LogP contribution in [0, 0.1) is 0 Å². The van der Waals surface area contributed by atoms with Crippen molar-refractivity contribution in [1.29, 1.82) is 0 Å². The average Bonchev–Trinajstić information content (AvgIpc) is 3.03. The van der Waals surface area contributed by atoms with Crippen molar-refractivity contribution in [3.05, 3.63) is 70.8 Å². The summed E-state index contributed by atoms with van der Waals surface area (Å²) in [6, 6.07) is 15.8. The van der Waals surface area contributed by atoms with E-state index in [1.807, 2.05) is 26.2 Å². The van der Waals surface area contributed by atoms with Crippen molar-refractivity contribution < 1.29 is 53.2 Å². The highest BCUT2D eigenvalue weighted by molar-refractivity contribution is 7.19. The number of rotatable bonds is 20. The summed E-state index contributed by atoms with van der Waals surface area (Å²) in [5.41, 5.74) is 1.28. The standard InChI is InChI=1S/C18H28Cl2O4Si2.C18H30O6Si2.H2O/c1-25(2,19)12-6-10-23-17(21)15-8-5-9-16(14-15)18(22)24-11-7-13-26(3,4)20;1-25(2,21)12-6-10-23-17(19)15-8-5-9-16(14-15)18(20)24-11-7-13-26(3,4)22;/h5,8-9,14H,6-7,10-13H2,1-4H3;5,8-9,14,21-22H,6-7,10-13H2,1-4H3;1H2. The van der Waals surface area contributed by atoms with E-state index in [1.54, 1.807) is 36.4 Å². The van der Waals surface area contributed by atoms with E-state index >= 15 is 0 Å². The number of ether oxygens (including phenoxy) is 4. The molecule has 53 heavy (non-hydrogen) atoms. The molecule has 0 saturated carbocycles. The summed E-state index contributed by atoms with van der Waals surface area (Å²) in [5, 5.41) is 0. The van der Waals surface area contributed by atoms with Gasteiger partial charge in [-0.25, -0.2) is 19.2 Å². The lowest BCUT2D eigenvalue weighted by Crippen LogP contribution is -2.25. The number of esters is 4. The van der Waals surface area contributed by atoms with E-state index in [1.165, 1.54) is 12.1 Å². The van der Waals surface area contributed by atoms with E-state index in [-0.39, 0.29) is 18.7 Å². The Morgan fingerprint density at radius 1 is 0.491 bits per heavy atom. The quantitative estimate of drug-likeness (QED) is 0.0436. The maximum atomic E-state index is 12.1. The molecule has 2 rings (SSSR count). The summed E-state index contributed by atoms with van der Waals surface area (Å²) >= 11 is 12.5. The minimum atomic E-state index is -2.13. The number of benzene rings is 2. The third-order valence-electron chi connectivity index (χ3n) is 7.30. The molecule has 0 fully saturated rings. The van der Waals surface area contributed by atoms with Gasteiger partial charge in [0.15, 0.2) is 31.4 Å². The SMILES string of the molecule is C[Si](C)(Cl)CCCOC(=O)c1cccc(C(=O)OCCC[Si](C)(C)Cl)c1.C[Si](C)(O)CCCOC(=O)c1cccc(C(=O)OCCC[Si](C)(C)O)c1.O. The smallest absolute Gasteiger partial charge is 0.338 e. The van der Waals surface area contributed by atoms with Gasteiger partial charge in [-0.2, -0.15) is 22.2 Å². The minimum absolute atomic E-state index is 0. The second kappa shape index (κ2) is 24.2. The zero-order chi connectivity index (χ0) is 39.6. The molecule has 0 atom stereocenters. The van der Waals surface area contributed by atoms with Crippen LogP contribution in [0.5, 0.6) is 0 Å². The normalized spacial score (nSPS) is 11.7. The molecular formula is C36H60Cl2O11Si4. The Morgan fingerprint density at radius 3 is 0.925 bits per heavy atom. The van der Waals surface area contributed by atoms with Crippen LogP contribution in [0.3, 0.4) is 0 Å². The van der Waals surface area contributed by atoms with E-state index in [4.69, 9.17) is 41.1 Å². The van der Waals surface area contributed by atoms with Crippen molar-refractivity contribution in [1.82, 2.24) is 0 Å². The van der Waals surface area contributed by atoms with E-state index in [2.05, 4.69) is 26.2 Å². The Balaban J connectivity index is 0.00000100. The van der Waals surface area contributed by atoms with Gasteiger partial charge in [-0.05, 0) is 112 Å². The highest BCUT2D eigenvalue weighted by Gasteiger charge is 2.20. The van der Waals surface area contributed by atoms with Gasteiger partial charge in [-0.1, -0.05) is 38.3 Å². The number of halogens is 2. The molecule has 0 bridgehead atoms. The summed E-state index contributed by atoms with van der Waals surface area (Å²) in [7, 11) is -7.55. The largest absolute Gasteiger partial charge is 0.462 e. The van der Waals surface area contributed by atoms with Crippen LogP contribution in [0.2, 0.25) is 76.6 Å². The van der Waals surface area contributed by atoms with Crippen LogP contribution in [-0.4, -0.2) is 96.8 Å². The third-order valence-corrected chi connectivity index (χ3v) is 14.7. The van der Waals surface area contributed by atoms with Gasteiger partial charge >= 0.3 is 23.9 Å². The van der Waals surface area contributed by atoms with Crippen molar-refractivity contribution in [3.8, 4) is 0 Å². The first-order chi connectivity index (χ1) is 24.0. The van der Waals surface area contributed by atoms with Crippen LogP contribution in [-0.2, 0) is 18.9 Å². The molecule has 0 aliphatic rings. The topological polar surface area (TPSA) is 177 Å². The molecule has 0 radical (unpaired) electrons. The lowest BCUT2D eigenvalue weighted by molar-refractivity contribution is 0.0484. The second-order valence-corrected chi connectivity index (χ2v) is 37.4. The molecule has 300 valence electrons. The molecule has 0 saturated heterocycles. The molecule has 0 spiro atoms. The fourth-order valence-electron chi connectivity index (χ4n) is 4.53. The first-order valence-electron chi connectivity index (χ1n) is 17.7. The highest BCUT2D eigenvalue weighted by atomic mass is 35.6. The molecule has 0 aromatic heterocycles. The van der Waals surface area contributed by atoms with Gasteiger partial charge in [0.25, 0.3) is 0 Å². The van der Waals surface area contributed by atoms with E-state index in [0.717, 1.165) is 24.9 Å². The van der Waals surface area contributed by atoms with Crippen molar-refractivity contribution in [2.24, 2.45) is 0 Å². The van der Waals surface area contributed by atoms with E-state index in [9.17, 15) is 28.8 Å². The monoisotopic (exact) mass is 850 g/mol. The molecule has 0 amide bonds. The Bertz CT molecular complexity index is 1230. The lowest BCUT2D eigenvalue weighted by Gasteiger charge is -2.13. The van der Waals surface area contributed by atoms with Crippen LogP contribution >= 0.6 is 22.2 Å². The molecule has 2 aromatic rings. The Morgan fingerprint density at radius 2 is 0.717 bits per heavy atom. The number of hydrogen-bond acceptors (Lipinski definition) is 10. The Labute approximate surface area is 328 Å². The van der Waals surface area contributed by atoms with Gasteiger partial charge in [0.05, 0.1) is 48.7 Å². The van der Waals surface area contributed by atoms with Gasteiger partial charge in [-0.15, -0.1) is 0 Å². The maximum absolute atomic E-state index is 12.1. The Kier molecular flexibility index (Phi) is 23.1. The molecule has 0 aliphatic heterocycles. The van der Waals surface area contributed by atoms with Crippen molar-refractivity contribution in [2.75, 3.05) is 26.4 Å². The molecule has 0 unspecified atom stereocenters. The number of carbonyl (C=O) groups excluding carboxylic acids is 4. The first-order valence-corrected chi connectivity index (χ1v) is 32.4. The molecular weight excluding hydrogens is 792 g/mol. The zero-order valence-corrected chi connectivity index (χ0v) is 38.0. The average molecular weight is 852 g/mol. The molecule has 0 aliphatic carbocycles. The molecule has 4 N–H and O–H groups in total. The van der Waals surface area contributed by atoms with Gasteiger partial charge in [-0.3, -0.25) is 0 Å². The summed E-state index contributed by atoms with van der Waals surface area (Å²) in [6.45, 7) is 16.7. The molecule has 0 heterocycles. The first kappa shape index (κ1) is 50.6. The molecule has 2 aromatic carbocycles. The van der Waals surface area contributed by atoms with Gasteiger partial charge in [0.2, 0.25) is 0 Å². The van der Waals surface area contributed by atoms with Crippen molar-refractivity contribution in [3.63, 3.8) is 0 Å². The van der Waals surface area contributed by atoms with Gasteiger partial charge in [0.1, 0.15) is 0 Å². The Hall–Kier alpha value is -2.35. The van der Waals surface area contributed by atoms with Crippen LogP contribution in [0.25, 0.3) is 0 Å². The third kappa shape index (κ3) is 26.2. The van der Waals surface area contributed by atoms with Crippen LogP contribution in [0.4, 0.5) is 0 Å². The number of carbonyl (C=O) groups is 4. The lowest BCUT2D eigenvalue weighted by atomic mass is 10.1. The van der Waals surface area contributed by atoms with Gasteiger partial charge in [0, 0.05) is 0 Å².